The zero-order chi connectivity index (χ0) is 14.5. The SMILES string of the molecule is COc1ccc(COC(=O)[C@@H]2CCCN2N)c(OC)c1. The standard InChI is InChI=1S/C14H20N2O4/c1-18-11-6-5-10(13(8-11)19-2)9-20-14(17)12-4-3-7-16(12)15/h5-6,8,12H,3-4,7,9,15H2,1-2H3/t12-/m0/s1. The van der Waals surface area contributed by atoms with Gasteiger partial charge in [-0.2, -0.15) is 0 Å². The Hall–Kier alpha value is -1.79. The highest BCUT2D eigenvalue weighted by Crippen LogP contribution is 2.25. The average molecular weight is 280 g/mol. The summed E-state index contributed by atoms with van der Waals surface area (Å²) in [6.45, 7) is 0.891. The minimum Gasteiger partial charge on any atom is -0.497 e. The van der Waals surface area contributed by atoms with Crippen molar-refractivity contribution >= 4 is 5.97 Å². The predicted octanol–water partition coefficient (Wildman–Crippen LogP) is 1.09. The van der Waals surface area contributed by atoms with Gasteiger partial charge in [0.2, 0.25) is 0 Å². The Labute approximate surface area is 118 Å². The zero-order valence-corrected chi connectivity index (χ0v) is 11.8. The summed E-state index contributed by atoms with van der Waals surface area (Å²) in [4.78, 5) is 11.9. The van der Waals surface area contributed by atoms with Crippen molar-refractivity contribution in [1.29, 1.82) is 0 Å². The highest BCUT2D eigenvalue weighted by atomic mass is 16.5. The first kappa shape index (κ1) is 14.6. The number of nitrogens with two attached hydrogens (primary N) is 1. The van der Waals surface area contributed by atoms with E-state index in [1.54, 1.807) is 26.4 Å². The highest BCUT2D eigenvalue weighted by molar-refractivity contribution is 5.76. The molecule has 0 aliphatic carbocycles. The first-order valence-corrected chi connectivity index (χ1v) is 6.54. The van der Waals surface area contributed by atoms with Crippen molar-refractivity contribution in [3.05, 3.63) is 23.8 Å². The number of rotatable bonds is 5. The second kappa shape index (κ2) is 6.58. The molecule has 0 spiro atoms. The maximum atomic E-state index is 11.9. The fourth-order valence-corrected chi connectivity index (χ4v) is 2.26. The number of carbonyl (C=O) groups is 1. The van der Waals surface area contributed by atoms with Crippen LogP contribution in [0.5, 0.6) is 11.5 Å². The first-order valence-electron chi connectivity index (χ1n) is 6.54. The van der Waals surface area contributed by atoms with Gasteiger partial charge in [-0.05, 0) is 25.0 Å². The molecule has 1 aromatic carbocycles. The summed E-state index contributed by atoms with van der Waals surface area (Å²) in [5.41, 5.74) is 0.795. The molecule has 1 aliphatic rings. The Morgan fingerprint density at radius 2 is 2.20 bits per heavy atom. The number of hydrazine groups is 1. The number of hydrogen-bond acceptors (Lipinski definition) is 6. The molecule has 0 bridgehead atoms. The molecule has 6 nitrogen and oxygen atoms in total. The monoisotopic (exact) mass is 280 g/mol. The second-order valence-corrected chi connectivity index (χ2v) is 4.68. The summed E-state index contributed by atoms with van der Waals surface area (Å²) >= 11 is 0. The third-order valence-electron chi connectivity index (χ3n) is 3.43. The van der Waals surface area contributed by atoms with E-state index in [-0.39, 0.29) is 18.6 Å². The van der Waals surface area contributed by atoms with E-state index in [9.17, 15) is 4.79 Å². The van der Waals surface area contributed by atoms with Crippen molar-refractivity contribution in [1.82, 2.24) is 5.01 Å². The molecule has 110 valence electrons. The molecular weight excluding hydrogens is 260 g/mol. The Balaban J connectivity index is 1.98. The number of nitrogens with zero attached hydrogens (tertiary/aromatic N) is 1. The molecule has 0 aromatic heterocycles. The van der Waals surface area contributed by atoms with Crippen molar-refractivity contribution in [3.8, 4) is 11.5 Å². The molecule has 2 rings (SSSR count). The summed E-state index contributed by atoms with van der Waals surface area (Å²) in [6.07, 6.45) is 1.66. The third-order valence-corrected chi connectivity index (χ3v) is 3.43. The summed E-state index contributed by atoms with van der Waals surface area (Å²) < 4.78 is 15.7. The second-order valence-electron chi connectivity index (χ2n) is 4.68. The molecular formula is C14H20N2O4. The fraction of sp³-hybridized carbons (Fsp3) is 0.500. The minimum absolute atomic E-state index is 0.163. The summed E-state index contributed by atoms with van der Waals surface area (Å²) in [6, 6.07) is 5.05. The van der Waals surface area contributed by atoms with Crippen molar-refractivity contribution in [2.75, 3.05) is 20.8 Å². The van der Waals surface area contributed by atoms with E-state index >= 15 is 0 Å². The van der Waals surface area contributed by atoms with Crippen LogP contribution in [0, 0.1) is 0 Å². The van der Waals surface area contributed by atoms with Crippen molar-refractivity contribution in [2.45, 2.75) is 25.5 Å². The molecule has 1 heterocycles. The number of carbonyl (C=O) groups excluding carboxylic acids is 1. The van der Waals surface area contributed by atoms with Crippen LogP contribution in [0.3, 0.4) is 0 Å². The van der Waals surface area contributed by atoms with Gasteiger partial charge in [0.05, 0.1) is 14.2 Å². The molecule has 0 saturated carbocycles. The van der Waals surface area contributed by atoms with Gasteiger partial charge in [-0.1, -0.05) is 0 Å². The largest absolute Gasteiger partial charge is 0.497 e. The fourth-order valence-electron chi connectivity index (χ4n) is 2.26. The van der Waals surface area contributed by atoms with E-state index in [1.807, 2.05) is 6.07 Å². The Bertz CT molecular complexity index is 478. The summed E-state index contributed by atoms with van der Waals surface area (Å²) in [5, 5.41) is 1.54. The maximum absolute atomic E-state index is 11.9. The zero-order valence-electron chi connectivity index (χ0n) is 11.8. The Morgan fingerprint density at radius 3 is 2.80 bits per heavy atom. The van der Waals surface area contributed by atoms with Gasteiger partial charge in [0.1, 0.15) is 24.1 Å². The van der Waals surface area contributed by atoms with E-state index in [1.165, 1.54) is 5.01 Å². The molecule has 0 unspecified atom stereocenters. The maximum Gasteiger partial charge on any atom is 0.325 e. The van der Waals surface area contributed by atoms with Crippen LogP contribution >= 0.6 is 0 Å². The molecule has 2 N–H and O–H groups in total. The number of hydrogen-bond donors (Lipinski definition) is 1. The third kappa shape index (κ3) is 3.20. The lowest BCUT2D eigenvalue weighted by molar-refractivity contribution is -0.150. The smallest absolute Gasteiger partial charge is 0.325 e. The predicted molar refractivity (Wildman–Crippen MR) is 73.3 cm³/mol. The topological polar surface area (TPSA) is 74.0 Å². The van der Waals surface area contributed by atoms with Crippen molar-refractivity contribution in [2.24, 2.45) is 5.84 Å². The number of ether oxygens (including phenoxy) is 3. The lowest BCUT2D eigenvalue weighted by Gasteiger charge is -2.18. The lowest BCUT2D eigenvalue weighted by atomic mass is 10.2. The van der Waals surface area contributed by atoms with Crippen molar-refractivity contribution < 1.29 is 19.0 Å². The Kier molecular flexibility index (Phi) is 4.81. The normalized spacial score (nSPS) is 18.9. The average Bonchev–Trinajstić information content (AvgIpc) is 2.90. The van der Waals surface area contributed by atoms with Crippen LogP contribution in [0.2, 0.25) is 0 Å². The van der Waals surface area contributed by atoms with Gasteiger partial charge in [0.15, 0.2) is 0 Å². The van der Waals surface area contributed by atoms with E-state index < -0.39 is 0 Å². The number of esters is 1. The van der Waals surface area contributed by atoms with Crippen LogP contribution in [0.1, 0.15) is 18.4 Å². The van der Waals surface area contributed by atoms with Crippen LogP contribution < -0.4 is 15.3 Å². The van der Waals surface area contributed by atoms with Gasteiger partial charge in [-0.25, -0.2) is 5.01 Å². The van der Waals surface area contributed by atoms with Crippen LogP contribution in [0.25, 0.3) is 0 Å². The molecule has 0 radical (unpaired) electrons. The van der Waals surface area contributed by atoms with Gasteiger partial charge >= 0.3 is 5.97 Å². The van der Waals surface area contributed by atoms with Gasteiger partial charge in [-0.3, -0.25) is 10.6 Å². The molecule has 1 aromatic rings. The van der Waals surface area contributed by atoms with Gasteiger partial charge in [0.25, 0.3) is 0 Å². The lowest BCUT2D eigenvalue weighted by Crippen LogP contribution is -2.41. The summed E-state index contributed by atoms with van der Waals surface area (Å²) in [7, 11) is 3.16. The Morgan fingerprint density at radius 1 is 1.40 bits per heavy atom. The van der Waals surface area contributed by atoms with E-state index in [2.05, 4.69) is 0 Å². The molecule has 1 aliphatic heterocycles. The molecule has 1 atom stereocenters. The van der Waals surface area contributed by atoms with Crippen LogP contribution in [-0.4, -0.2) is 37.8 Å². The van der Waals surface area contributed by atoms with Crippen LogP contribution in [0.15, 0.2) is 18.2 Å². The minimum atomic E-state index is -0.334. The van der Waals surface area contributed by atoms with Crippen LogP contribution in [0.4, 0.5) is 0 Å². The molecule has 6 heteroatoms. The van der Waals surface area contributed by atoms with Gasteiger partial charge < -0.3 is 14.2 Å². The van der Waals surface area contributed by atoms with E-state index in [4.69, 9.17) is 20.1 Å². The highest BCUT2D eigenvalue weighted by Gasteiger charge is 2.29. The molecule has 1 saturated heterocycles. The van der Waals surface area contributed by atoms with Crippen molar-refractivity contribution in [3.63, 3.8) is 0 Å². The quantitative estimate of drug-likeness (QED) is 0.643. The van der Waals surface area contributed by atoms with Gasteiger partial charge in [0, 0.05) is 18.2 Å². The number of methoxy groups -OCH3 is 2. The first-order chi connectivity index (χ1) is 9.65. The number of benzene rings is 1. The summed E-state index contributed by atoms with van der Waals surface area (Å²) in [5.74, 6) is 6.77. The van der Waals surface area contributed by atoms with Crippen LogP contribution in [-0.2, 0) is 16.1 Å². The molecule has 20 heavy (non-hydrogen) atoms. The van der Waals surface area contributed by atoms with E-state index in [0.29, 0.717) is 11.5 Å². The molecule has 0 amide bonds. The molecule has 1 fully saturated rings. The van der Waals surface area contributed by atoms with E-state index in [0.717, 1.165) is 24.9 Å². The van der Waals surface area contributed by atoms with Gasteiger partial charge in [-0.15, -0.1) is 0 Å².